The molecule has 8 nitrogen and oxygen atoms in total. The SMILES string of the molecule is O=C1NCCn2ccc(Nc3nc(NC4CCC(O)CC4)ncc3Cl)c21. The van der Waals surface area contributed by atoms with Gasteiger partial charge in [0.2, 0.25) is 5.95 Å². The zero-order chi connectivity index (χ0) is 18.1. The van der Waals surface area contributed by atoms with Crippen LogP contribution in [0.1, 0.15) is 36.2 Å². The third kappa shape index (κ3) is 3.47. The minimum Gasteiger partial charge on any atom is -0.393 e. The van der Waals surface area contributed by atoms with Gasteiger partial charge in [-0.3, -0.25) is 4.79 Å². The first kappa shape index (κ1) is 17.1. The summed E-state index contributed by atoms with van der Waals surface area (Å²) in [5.41, 5.74) is 1.23. The number of rotatable bonds is 4. The molecule has 2 aliphatic rings. The summed E-state index contributed by atoms with van der Waals surface area (Å²) in [5, 5.41) is 19.3. The Morgan fingerprint density at radius 3 is 2.92 bits per heavy atom. The van der Waals surface area contributed by atoms with Gasteiger partial charge in [0.1, 0.15) is 10.7 Å². The topological polar surface area (TPSA) is 104 Å². The first-order valence-electron chi connectivity index (χ1n) is 8.81. The molecule has 0 unspecified atom stereocenters. The summed E-state index contributed by atoms with van der Waals surface area (Å²) in [5.74, 6) is 0.816. The number of hydrogen-bond donors (Lipinski definition) is 4. The highest BCUT2D eigenvalue weighted by molar-refractivity contribution is 6.33. The van der Waals surface area contributed by atoms with Crippen molar-refractivity contribution in [2.75, 3.05) is 17.2 Å². The summed E-state index contributed by atoms with van der Waals surface area (Å²) in [6.45, 7) is 1.36. The molecule has 0 saturated heterocycles. The Morgan fingerprint density at radius 2 is 2.12 bits per heavy atom. The standard InChI is InChI=1S/C17H21ClN6O2/c18-12-9-20-17(21-10-1-3-11(25)4-2-10)23-15(12)22-13-5-7-24-8-6-19-16(26)14(13)24/h5,7,9-11,25H,1-4,6,8H2,(H,19,26)(H2,20,21,22,23). The van der Waals surface area contributed by atoms with Gasteiger partial charge in [-0.05, 0) is 31.7 Å². The molecule has 0 radical (unpaired) electrons. The number of anilines is 3. The lowest BCUT2D eigenvalue weighted by Gasteiger charge is -2.26. The van der Waals surface area contributed by atoms with Crippen molar-refractivity contribution in [2.45, 2.75) is 44.4 Å². The Balaban J connectivity index is 1.52. The molecule has 1 aliphatic carbocycles. The van der Waals surface area contributed by atoms with Crippen LogP contribution in [0.4, 0.5) is 17.5 Å². The van der Waals surface area contributed by atoms with Crippen LogP contribution in [0.2, 0.25) is 5.02 Å². The van der Waals surface area contributed by atoms with Gasteiger partial charge < -0.3 is 25.6 Å². The largest absolute Gasteiger partial charge is 0.393 e. The van der Waals surface area contributed by atoms with E-state index in [0.29, 0.717) is 34.7 Å². The van der Waals surface area contributed by atoms with Crippen LogP contribution in [0.25, 0.3) is 0 Å². The molecule has 1 amide bonds. The summed E-state index contributed by atoms with van der Waals surface area (Å²) < 4.78 is 1.91. The lowest BCUT2D eigenvalue weighted by Crippen LogP contribution is -2.35. The summed E-state index contributed by atoms with van der Waals surface area (Å²) >= 11 is 6.24. The quantitative estimate of drug-likeness (QED) is 0.651. The van der Waals surface area contributed by atoms with Crippen LogP contribution in [0.3, 0.4) is 0 Å². The van der Waals surface area contributed by atoms with Crippen LogP contribution in [-0.2, 0) is 6.54 Å². The van der Waals surface area contributed by atoms with Crippen LogP contribution < -0.4 is 16.0 Å². The Labute approximate surface area is 156 Å². The molecule has 2 aromatic rings. The van der Waals surface area contributed by atoms with Gasteiger partial charge in [-0.1, -0.05) is 11.6 Å². The van der Waals surface area contributed by atoms with E-state index in [2.05, 4.69) is 25.9 Å². The van der Waals surface area contributed by atoms with E-state index in [0.717, 1.165) is 32.2 Å². The molecule has 1 saturated carbocycles. The predicted octanol–water partition coefficient (Wildman–Crippen LogP) is 2.13. The van der Waals surface area contributed by atoms with Crippen LogP contribution in [-0.4, -0.2) is 44.2 Å². The molecule has 9 heteroatoms. The van der Waals surface area contributed by atoms with Crippen molar-refractivity contribution >= 4 is 35.0 Å². The molecule has 26 heavy (non-hydrogen) atoms. The third-order valence-electron chi connectivity index (χ3n) is 4.84. The fourth-order valence-electron chi connectivity index (χ4n) is 3.44. The smallest absolute Gasteiger partial charge is 0.270 e. The number of halogens is 1. The van der Waals surface area contributed by atoms with Crippen LogP contribution in [0, 0.1) is 0 Å². The number of aliphatic hydroxyl groups excluding tert-OH is 1. The van der Waals surface area contributed by atoms with Crippen molar-refractivity contribution in [3.8, 4) is 0 Å². The molecule has 0 aromatic carbocycles. The first-order chi connectivity index (χ1) is 12.6. The van der Waals surface area contributed by atoms with Gasteiger partial charge in [0.25, 0.3) is 5.91 Å². The molecule has 0 atom stereocenters. The minimum absolute atomic E-state index is 0.118. The van der Waals surface area contributed by atoms with Crippen molar-refractivity contribution in [1.82, 2.24) is 19.9 Å². The van der Waals surface area contributed by atoms with Crippen LogP contribution >= 0.6 is 11.6 Å². The number of amides is 1. The Morgan fingerprint density at radius 1 is 1.31 bits per heavy atom. The molecule has 0 spiro atoms. The fourth-order valence-corrected chi connectivity index (χ4v) is 3.58. The van der Waals surface area contributed by atoms with Gasteiger partial charge in [0, 0.05) is 25.3 Å². The average Bonchev–Trinajstić information content (AvgIpc) is 3.04. The first-order valence-corrected chi connectivity index (χ1v) is 9.19. The van der Waals surface area contributed by atoms with E-state index in [1.807, 2.05) is 16.8 Å². The number of aliphatic hydroxyl groups is 1. The van der Waals surface area contributed by atoms with Crippen molar-refractivity contribution in [1.29, 1.82) is 0 Å². The van der Waals surface area contributed by atoms with Crippen molar-refractivity contribution in [3.63, 3.8) is 0 Å². The Bertz CT molecular complexity index is 816. The Hall–Kier alpha value is -2.32. The highest BCUT2D eigenvalue weighted by Gasteiger charge is 2.23. The molecule has 0 bridgehead atoms. The van der Waals surface area contributed by atoms with Crippen molar-refractivity contribution in [3.05, 3.63) is 29.2 Å². The molecular formula is C17H21ClN6O2. The molecule has 1 fully saturated rings. The number of fused-ring (bicyclic) bond motifs is 1. The highest BCUT2D eigenvalue weighted by atomic mass is 35.5. The van der Waals surface area contributed by atoms with Gasteiger partial charge in [-0.25, -0.2) is 4.98 Å². The molecule has 4 rings (SSSR count). The molecular weight excluding hydrogens is 356 g/mol. The molecule has 1 aliphatic heterocycles. The lowest BCUT2D eigenvalue weighted by atomic mass is 9.93. The molecule has 2 aromatic heterocycles. The maximum atomic E-state index is 12.1. The zero-order valence-electron chi connectivity index (χ0n) is 14.2. The monoisotopic (exact) mass is 376 g/mol. The number of carbonyl (C=O) groups is 1. The van der Waals surface area contributed by atoms with E-state index in [-0.39, 0.29) is 18.1 Å². The highest BCUT2D eigenvalue weighted by Crippen LogP contribution is 2.28. The maximum Gasteiger partial charge on any atom is 0.270 e. The van der Waals surface area contributed by atoms with Crippen molar-refractivity contribution in [2.24, 2.45) is 0 Å². The second kappa shape index (κ2) is 7.13. The van der Waals surface area contributed by atoms with Crippen molar-refractivity contribution < 1.29 is 9.90 Å². The summed E-state index contributed by atoms with van der Waals surface area (Å²) in [4.78, 5) is 20.8. The lowest BCUT2D eigenvalue weighted by molar-refractivity contribution is 0.0929. The Kier molecular flexibility index (Phi) is 4.69. The average molecular weight is 377 g/mol. The summed E-state index contributed by atoms with van der Waals surface area (Å²) in [7, 11) is 0. The van der Waals surface area contributed by atoms with E-state index in [1.54, 1.807) is 6.20 Å². The number of hydrogen-bond acceptors (Lipinski definition) is 6. The number of aromatic nitrogens is 3. The van der Waals surface area contributed by atoms with Gasteiger partial charge in [-0.15, -0.1) is 0 Å². The summed E-state index contributed by atoms with van der Waals surface area (Å²) in [6.07, 6.45) is 6.53. The summed E-state index contributed by atoms with van der Waals surface area (Å²) in [6, 6.07) is 2.08. The van der Waals surface area contributed by atoms with Crippen LogP contribution in [0.5, 0.6) is 0 Å². The van der Waals surface area contributed by atoms with E-state index in [1.165, 1.54) is 0 Å². The minimum atomic E-state index is -0.205. The molecule has 138 valence electrons. The number of nitrogens with zero attached hydrogens (tertiary/aromatic N) is 3. The molecule has 4 N–H and O–H groups in total. The van der Waals surface area contributed by atoms with E-state index in [9.17, 15) is 9.90 Å². The predicted molar refractivity (Wildman–Crippen MR) is 99.0 cm³/mol. The normalized spacial score (nSPS) is 22.5. The maximum absolute atomic E-state index is 12.1. The third-order valence-corrected chi connectivity index (χ3v) is 5.12. The number of carbonyl (C=O) groups excluding carboxylic acids is 1. The van der Waals surface area contributed by atoms with E-state index >= 15 is 0 Å². The number of nitrogens with one attached hydrogen (secondary N) is 3. The van der Waals surface area contributed by atoms with E-state index in [4.69, 9.17) is 11.6 Å². The van der Waals surface area contributed by atoms with Gasteiger partial charge in [-0.2, -0.15) is 4.98 Å². The van der Waals surface area contributed by atoms with Gasteiger partial charge >= 0.3 is 0 Å². The van der Waals surface area contributed by atoms with E-state index < -0.39 is 0 Å². The zero-order valence-corrected chi connectivity index (χ0v) is 15.0. The van der Waals surface area contributed by atoms with Gasteiger partial charge in [0.05, 0.1) is 18.0 Å². The fraction of sp³-hybridized carbons (Fsp3) is 0.471. The molecule has 3 heterocycles. The van der Waals surface area contributed by atoms with Crippen LogP contribution in [0.15, 0.2) is 18.5 Å². The van der Waals surface area contributed by atoms with Gasteiger partial charge in [0.15, 0.2) is 5.82 Å². The second-order valence-electron chi connectivity index (χ2n) is 6.69. The second-order valence-corrected chi connectivity index (χ2v) is 7.10.